The summed E-state index contributed by atoms with van der Waals surface area (Å²) in [6.45, 7) is 4.31. The summed E-state index contributed by atoms with van der Waals surface area (Å²) in [6, 6.07) is 1.67. The molecule has 2 heterocycles. The molecule has 1 aromatic rings. The third kappa shape index (κ3) is 3.16. The highest BCUT2D eigenvalue weighted by molar-refractivity contribution is 7.90. The van der Waals surface area contributed by atoms with Crippen LogP contribution >= 0.6 is 0 Å². The van der Waals surface area contributed by atoms with Crippen LogP contribution in [0.5, 0.6) is 0 Å². The number of pyridine rings is 1. The molecule has 0 amide bonds. The summed E-state index contributed by atoms with van der Waals surface area (Å²) in [4.78, 5) is 4.00. The van der Waals surface area contributed by atoms with E-state index in [9.17, 15) is 8.42 Å². The van der Waals surface area contributed by atoms with E-state index in [4.69, 9.17) is 5.73 Å². The first kappa shape index (κ1) is 14.1. The topological polar surface area (TPSA) is 88.3 Å². The standard InChI is InChI=1S/C12H20N4O2S/c1-9-7-12(14-8-11(9)13)15-19(17,18)16-6-4-3-5-10(16)2/h7-8,10H,3-6,13H2,1-2H3,(H,14,15). The van der Waals surface area contributed by atoms with E-state index in [2.05, 4.69) is 9.71 Å². The van der Waals surface area contributed by atoms with Crippen molar-refractivity contribution in [2.45, 2.75) is 39.2 Å². The van der Waals surface area contributed by atoms with Gasteiger partial charge in [0.15, 0.2) is 0 Å². The predicted molar refractivity (Wildman–Crippen MR) is 75.9 cm³/mol. The highest BCUT2D eigenvalue weighted by atomic mass is 32.2. The molecule has 0 aromatic carbocycles. The third-order valence-electron chi connectivity index (χ3n) is 3.44. The van der Waals surface area contributed by atoms with E-state index in [1.165, 1.54) is 10.5 Å². The van der Waals surface area contributed by atoms with Crippen LogP contribution in [-0.4, -0.2) is 30.3 Å². The molecular weight excluding hydrogens is 264 g/mol. The van der Waals surface area contributed by atoms with Gasteiger partial charge < -0.3 is 5.73 Å². The molecule has 7 heteroatoms. The minimum absolute atomic E-state index is 0.0288. The fourth-order valence-electron chi connectivity index (χ4n) is 2.24. The quantitative estimate of drug-likeness (QED) is 0.880. The summed E-state index contributed by atoms with van der Waals surface area (Å²) in [6.07, 6.45) is 4.34. The van der Waals surface area contributed by atoms with Crippen LogP contribution in [0.25, 0.3) is 0 Å². The van der Waals surface area contributed by atoms with Crippen molar-refractivity contribution in [3.05, 3.63) is 17.8 Å². The van der Waals surface area contributed by atoms with Crippen molar-refractivity contribution in [1.29, 1.82) is 0 Å². The van der Waals surface area contributed by atoms with Crippen molar-refractivity contribution >= 4 is 21.7 Å². The molecule has 0 bridgehead atoms. The second kappa shape index (κ2) is 5.34. The van der Waals surface area contributed by atoms with Gasteiger partial charge in [-0.05, 0) is 38.3 Å². The van der Waals surface area contributed by atoms with Gasteiger partial charge in [0.05, 0.1) is 11.9 Å². The molecule has 0 aliphatic carbocycles. The van der Waals surface area contributed by atoms with Crippen molar-refractivity contribution in [3.8, 4) is 0 Å². The average Bonchev–Trinajstić information content (AvgIpc) is 2.34. The Morgan fingerprint density at radius 1 is 1.47 bits per heavy atom. The maximum Gasteiger partial charge on any atom is 0.303 e. The average molecular weight is 284 g/mol. The largest absolute Gasteiger partial charge is 0.397 e. The maximum atomic E-state index is 12.3. The van der Waals surface area contributed by atoms with Crippen molar-refractivity contribution in [1.82, 2.24) is 9.29 Å². The van der Waals surface area contributed by atoms with Crippen LogP contribution in [0.2, 0.25) is 0 Å². The van der Waals surface area contributed by atoms with E-state index < -0.39 is 10.2 Å². The molecule has 1 aliphatic heterocycles. The first-order chi connectivity index (χ1) is 8.90. The molecule has 2 rings (SSSR count). The summed E-state index contributed by atoms with van der Waals surface area (Å²) in [5.74, 6) is 0.310. The van der Waals surface area contributed by atoms with Gasteiger partial charge in [-0.25, -0.2) is 4.98 Å². The lowest BCUT2D eigenvalue weighted by Gasteiger charge is -2.32. The zero-order chi connectivity index (χ0) is 14.0. The fourth-order valence-corrected chi connectivity index (χ4v) is 3.68. The molecule has 19 heavy (non-hydrogen) atoms. The van der Waals surface area contributed by atoms with E-state index in [0.29, 0.717) is 18.1 Å². The Labute approximate surface area is 114 Å². The summed E-state index contributed by atoms with van der Waals surface area (Å²) >= 11 is 0. The van der Waals surface area contributed by atoms with Crippen molar-refractivity contribution in [2.24, 2.45) is 0 Å². The minimum atomic E-state index is -3.54. The van der Waals surface area contributed by atoms with Gasteiger partial charge in [0.2, 0.25) is 0 Å². The third-order valence-corrected chi connectivity index (χ3v) is 5.06. The Morgan fingerprint density at radius 3 is 2.84 bits per heavy atom. The fraction of sp³-hybridized carbons (Fsp3) is 0.583. The van der Waals surface area contributed by atoms with Crippen LogP contribution in [-0.2, 0) is 10.2 Å². The zero-order valence-electron chi connectivity index (χ0n) is 11.3. The number of nitrogens with zero attached hydrogens (tertiary/aromatic N) is 2. The number of nitrogens with one attached hydrogen (secondary N) is 1. The van der Waals surface area contributed by atoms with Gasteiger partial charge in [0.1, 0.15) is 5.82 Å². The Balaban J connectivity index is 2.18. The highest BCUT2D eigenvalue weighted by Crippen LogP contribution is 2.22. The van der Waals surface area contributed by atoms with Crippen LogP contribution in [0.4, 0.5) is 11.5 Å². The first-order valence-electron chi connectivity index (χ1n) is 6.42. The molecule has 0 saturated carbocycles. The van der Waals surface area contributed by atoms with Crippen LogP contribution in [0.15, 0.2) is 12.3 Å². The minimum Gasteiger partial charge on any atom is -0.397 e. The molecule has 1 unspecified atom stereocenters. The van der Waals surface area contributed by atoms with E-state index in [0.717, 1.165) is 24.8 Å². The number of rotatable bonds is 3. The van der Waals surface area contributed by atoms with Gasteiger partial charge >= 0.3 is 10.2 Å². The Bertz CT molecular complexity index is 559. The van der Waals surface area contributed by atoms with E-state index in [1.807, 2.05) is 13.8 Å². The SMILES string of the molecule is Cc1cc(NS(=O)(=O)N2CCCCC2C)ncc1N. The van der Waals surface area contributed by atoms with Crippen molar-refractivity contribution in [2.75, 3.05) is 17.0 Å². The summed E-state index contributed by atoms with van der Waals surface area (Å²) < 4.78 is 28.6. The van der Waals surface area contributed by atoms with E-state index >= 15 is 0 Å². The number of hydrogen-bond acceptors (Lipinski definition) is 4. The summed E-state index contributed by atoms with van der Waals surface area (Å²) in [5.41, 5.74) is 7.02. The number of aryl methyl sites for hydroxylation is 1. The lowest BCUT2D eigenvalue weighted by atomic mass is 10.1. The molecule has 0 radical (unpaired) electrons. The number of aromatic nitrogens is 1. The Kier molecular flexibility index (Phi) is 3.96. The summed E-state index contributed by atoms with van der Waals surface area (Å²) in [5, 5.41) is 0. The molecule has 1 aliphatic rings. The van der Waals surface area contributed by atoms with Crippen molar-refractivity contribution < 1.29 is 8.42 Å². The van der Waals surface area contributed by atoms with Crippen molar-refractivity contribution in [3.63, 3.8) is 0 Å². The van der Waals surface area contributed by atoms with Gasteiger partial charge in [0, 0.05) is 12.6 Å². The van der Waals surface area contributed by atoms with Gasteiger partial charge in [-0.15, -0.1) is 0 Å². The van der Waals surface area contributed by atoms with Gasteiger partial charge in [0.25, 0.3) is 0 Å². The van der Waals surface area contributed by atoms with Crippen LogP contribution < -0.4 is 10.5 Å². The molecule has 0 spiro atoms. The predicted octanol–water partition coefficient (Wildman–Crippen LogP) is 1.50. The first-order valence-corrected chi connectivity index (χ1v) is 7.86. The van der Waals surface area contributed by atoms with E-state index in [-0.39, 0.29) is 6.04 Å². The highest BCUT2D eigenvalue weighted by Gasteiger charge is 2.29. The molecule has 3 N–H and O–H groups in total. The molecule has 1 fully saturated rings. The second-order valence-electron chi connectivity index (χ2n) is 4.99. The molecule has 6 nitrogen and oxygen atoms in total. The van der Waals surface area contributed by atoms with Crippen LogP contribution in [0, 0.1) is 6.92 Å². The summed E-state index contributed by atoms with van der Waals surface area (Å²) in [7, 11) is -3.54. The number of nitrogens with two attached hydrogens (primary N) is 1. The monoisotopic (exact) mass is 284 g/mol. The number of anilines is 2. The molecular formula is C12H20N4O2S. The van der Waals surface area contributed by atoms with Gasteiger partial charge in [-0.1, -0.05) is 6.42 Å². The van der Waals surface area contributed by atoms with E-state index in [1.54, 1.807) is 6.07 Å². The Hall–Kier alpha value is -1.34. The lowest BCUT2D eigenvalue weighted by Crippen LogP contribution is -2.44. The molecule has 1 aromatic heterocycles. The number of hydrogen-bond donors (Lipinski definition) is 2. The lowest BCUT2D eigenvalue weighted by molar-refractivity contribution is 0.270. The Morgan fingerprint density at radius 2 is 2.21 bits per heavy atom. The van der Waals surface area contributed by atoms with Crippen LogP contribution in [0.1, 0.15) is 31.7 Å². The molecule has 106 valence electrons. The second-order valence-corrected chi connectivity index (χ2v) is 6.61. The normalized spacial score (nSPS) is 21.3. The van der Waals surface area contributed by atoms with Crippen LogP contribution in [0.3, 0.4) is 0 Å². The zero-order valence-corrected chi connectivity index (χ0v) is 12.1. The smallest absolute Gasteiger partial charge is 0.303 e. The van der Waals surface area contributed by atoms with Gasteiger partial charge in [-0.3, -0.25) is 4.72 Å². The number of nitrogen functional groups attached to an aromatic ring is 1. The number of piperidine rings is 1. The van der Waals surface area contributed by atoms with Gasteiger partial charge in [-0.2, -0.15) is 12.7 Å². The molecule has 1 saturated heterocycles. The maximum absolute atomic E-state index is 12.3. The molecule has 1 atom stereocenters.